The van der Waals surface area contributed by atoms with E-state index in [1.54, 1.807) is 6.92 Å². The Hall–Kier alpha value is -0.570. The van der Waals surface area contributed by atoms with Crippen LogP contribution in [0.3, 0.4) is 0 Å². The van der Waals surface area contributed by atoms with Gasteiger partial charge in [-0.2, -0.15) is 0 Å². The van der Waals surface area contributed by atoms with Crippen molar-refractivity contribution in [3.8, 4) is 0 Å². The Morgan fingerprint density at radius 2 is 1.39 bits per heavy atom. The second-order valence-electron chi connectivity index (χ2n) is 5.12. The molecule has 1 N–H and O–H groups in total. The first-order chi connectivity index (χ1) is 8.63. The van der Waals surface area contributed by atoms with Crippen molar-refractivity contribution < 1.29 is 9.90 Å². The van der Waals surface area contributed by atoms with Crippen LogP contribution in [0.2, 0.25) is 0 Å². The molecule has 0 aromatic heterocycles. The van der Waals surface area contributed by atoms with Gasteiger partial charge in [-0.15, -0.1) is 0 Å². The van der Waals surface area contributed by atoms with Crippen molar-refractivity contribution >= 4 is 5.91 Å². The molecule has 1 amide bonds. The van der Waals surface area contributed by atoms with Gasteiger partial charge in [-0.05, 0) is 19.8 Å². The molecule has 0 aromatic rings. The number of amides is 1. The molecule has 108 valence electrons. The molecular weight excluding hydrogens is 226 g/mol. The number of hydrogen-bond acceptors (Lipinski definition) is 2. The molecule has 0 saturated carbocycles. The standard InChI is InChI=1S/C15H31NO2/c1-4-6-8-10-12-16(15(18)14(3)17)13-11-9-7-5-2/h14,17H,4-13H2,1-3H3/t14-/m0/s1. The highest BCUT2D eigenvalue weighted by Gasteiger charge is 2.17. The smallest absolute Gasteiger partial charge is 0.251 e. The summed E-state index contributed by atoms with van der Waals surface area (Å²) in [6.07, 6.45) is 8.48. The number of nitrogens with zero attached hydrogens (tertiary/aromatic N) is 1. The third-order valence-corrected chi connectivity index (χ3v) is 3.23. The monoisotopic (exact) mass is 257 g/mol. The number of hydrogen-bond donors (Lipinski definition) is 1. The van der Waals surface area contributed by atoms with Gasteiger partial charge in [-0.1, -0.05) is 52.4 Å². The second-order valence-corrected chi connectivity index (χ2v) is 5.12. The normalized spacial score (nSPS) is 12.4. The highest BCUT2D eigenvalue weighted by atomic mass is 16.3. The first kappa shape index (κ1) is 17.4. The van der Waals surface area contributed by atoms with E-state index in [0.717, 1.165) is 25.9 Å². The molecule has 0 aliphatic heterocycles. The molecule has 0 radical (unpaired) electrons. The predicted molar refractivity (Wildman–Crippen MR) is 76.5 cm³/mol. The predicted octanol–water partition coefficient (Wildman–Crippen LogP) is 3.36. The van der Waals surface area contributed by atoms with Gasteiger partial charge in [0.05, 0.1) is 0 Å². The Bertz CT molecular complexity index is 193. The largest absolute Gasteiger partial charge is 0.384 e. The van der Waals surface area contributed by atoms with E-state index >= 15 is 0 Å². The summed E-state index contributed by atoms with van der Waals surface area (Å²) in [5.74, 6) is -0.108. The highest BCUT2D eigenvalue weighted by molar-refractivity contribution is 5.80. The zero-order chi connectivity index (χ0) is 13.8. The lowest BCUT2D eigenvalue weighted by atomic mass is 10.1. The zero-order valence-electron chi connectivity index (χ0n) is 12.5. The Kier molecular flexibility index (Phi) is 11.2. The molecule has 0 aliphatic rings. The summed E-state index contributed by atoms with van der Waals surface area (Å²) in [6, 6.07) is 0. The molecule has 0 bridgehead atoms. The first-order valence-electron chi connectivity index (χ1n) is 7.60. The molecular formula is C15H31NO2. The maximum atomic E-state index is 11.8. The molecule has 0 rings (SSSR count). The highest BCUT2D eigenvalue weighted by Crippen LogP contribution is 2.07. The molecule has 0 spiro atoms. The summed E-state index contributed by atoms with van der Waals surface area (Å²) in [6.45, 7) is 7.53. The van der Waals surface area contributed by atoms with Crippen molar-refractivity contribution in [3.05, 3.63) is 0 Å². The van der Waals surface area contributed by atoms with Gasteiger partial charge in [0, 0.05) is 13.1 Å². The van der Waals surface area contributed by atoms with Gasteiger partial charge in [0.1, 0.15) is 6.10 Å². The van der Waals surface area contributed by atoms with Crippen molar-refractivity contribution in [1.82, 2.24) is 4.90 Å². The van der Waals surface area contributed by atoms with Crippen LogP contribution in [-0.2, 0) is 4.79 Å². The van der Waals surface area contributed by atoms with E-state index in [2.05, 4.69) is 13.8 Å². The number of aliphatic hydroxyl groups excluding tert-OH is 1. The van der Waals surface area contributed by atoms with Gasteiger partial charge >= 0.3 is 0 Å². The molecule has 0 saturated heterocycles. The summed E-state index contributed by atoms with van der Waals surface area (Å²) >= 11 is 0. The molecule has 18 heavy (non-hydrogen) atoms. The summed E-state index contributed by atoms with van der Waals surface area (Å²) in [4.78, 5) is 13.7. The Morgan fingerprint density at radius 3 is 1.72 bits per heavy atom. The minimum absolute atomic E-state index is 0.108. The zero-order valence-corrected chi connectivity index (χ0v) is 12.5. The van der Waals surface area contributed by atoms with Crippen molar-refractivity contribution in [2.24, 2.45) is 0 Å². The Morgan fingerprint density at radius 1 is 0.944 bits per heavy atom. The van der Waals surface area contributed by atoms with E-state index in [1.165, 1.54) is 38.5 Å². The van der Waals surface area contributed by atoms with Crippen LogP contribution in [0, 0.1) is 0 Å². The molecule has 3 nitrogen and oxygen atoms in total. The fraction of sp³-hybridized carbons (Fsp3) is 0.933. The topological polar surface area (TPSA) is 40.5 Å². The van der Waals surface area contributed by atoms with Crippen molar-refractivity contribution in [2.45, 2.75) is 78.2 Å². The van der Waals surface area contributed by atoms with Crippen molar-refractivity contribution in [3.63, 3.8) is 0 Å². The maximum Gasteiger partial charge on any atom is 0.251 e. The van der Waals surface area contributed by atoms with E-state index in [-0.39, 0.29) is 5.91 Å². The third kappa shape index (κ3) is 8.51. The van der Waals surface area contributed by atoms with Crippen LogP contribution in [0.15, 0.2) is 0 Å². The van der Waals surface area contributed by atoms with Crippen molar-refractivity contribution in [1.29, 1.82) is 0 Å². The lowest BCUT2D eigenvalue weighted by Gasteiger charge is -2.24. The van der Waals surface area contributed by atoms with Crippen LogP contribution in [0.1, 0.15) is 72.1 Å². The summed E-state index contributed by atoms with van der Waals surface area (Å²) in [7, 11) is 0. The average Bonchev–Trinajstić information content (AvgIpc) is 2.36. The number of rotatable bonds is 11. The van der Waals surface area contributed by atoms with Crippen LogP contribution in [0.4, 0.5) is 0 Å². The number of carbonyl (C=O) groups excluding carboxylic acids is 1. The number of carbonyl (C=O) groups is 1. The van der Waals surface area contributed by atoms with E-state index in [4.69, 9.17) is 0 Å². The van der Waals surface area contributed by atoms with E-state index in [0.29, 0.717) is 0 Å². The van der Waals surface area contributed by atoms with Gasteiger partial charge in [-0.25, -0.2) is 0 Å². The molecule has 0 heterocycles. The molecule has 0 unspecified atom stereocenters. The lowest BCUT2D eigenvalue weighted by Crippen LogP contribution is -2.39. The molecule has 0 aliphatic carbocycles. The summed E-state index contributed by atoms with van der Waals surface area (Å²) in [5.41, 5.74) is 0. The fourth-order valence-electron chi connectivity index (χ4n) is 2.06. The van der Waals surface area contributed by atoms with E-state index in [9.17, 15) is 9.90 Å². The van der Waals surface area contributed by atoms with Crippen LogP contribution >= 0.6 is 0 Å². The van der Waals surface area contributed by atoms with Crippen LogP contribution in [0.25, 0.3) is 0 Å². The minimum atomic E-state index is -0.859. The molecule has 3 heteroatoms. The number of aliphatic hydroxyl groups is 1. The van der Waals surface area contributed by atoms with E-state index in [1.807, 2.05) is 4.90 Å². The molecule has 1 atom stereocenters. The van der Waals surface area contributed by atoms with E-state index < -0.39 is 6.10 Å². The Labute approximate surface area is 113 Å². The second kappa shape index (κ2) is 11.5. The fourth-order valence-corrected chi connectivity index (χ4v) is 2.06. The lowest BCUT2D eigenvalue weighted by molar-refractivity contribution is -0.139. The van der Waals surface area contributed by atoms with Gasteiger partial charge in [0.25, 0.3) is 5.91 Å². The van der Waals surface area contributed by atoms with Gasteiger partial charge in [0.15, 0.2) is 0 Å². The summed E-state index contributed by atoms with van der Waals surface area (Å²) < 4.78 is 0. The quantitative estimate of drug-likeness (QED) is 0.577. The van der Waals surface area contributed by atoms with Crippen LogP contribution < -0.4 is 0 Å². The van der Waals surface area contributed by atoms with Gasteiger partial charge < -0.3 is 10.0 Å². The Balaban J connectivity index is 3.96. The van der Waals surface area contributed by atoms with Gasteiger partial charge in [-0.3, -0.25) is 4.79 Å². The SMILES string of the molecule is CCCCCCN(CCCCCC)C(=O)[C@H](C)O. The summed E-state index contributed by atoms with van der Waals surface area (Å²) in [5, 5.41) is 9.41. The molecule has 0 aromatic carbocycles. The third-order valence-electron chi connectivity index (χ3n) is 3.23. The minimum Gasteiger partial charge on any atom is -0.384 e. The average molecular weight is 257 g/mol. The van der Waals surface area contributed by atoms with Crippen molar-refractivity contribution in [2.75, 3.05) is 13.1 Å². The van der Waals surface area contributed by atoms with Crippen LogP contribution in [0.5, 0.6) is 0 Å². The number of unbranched alkanes of at least 4 members (excludes halogenated alkanes) is 6. The molecule has 0 fully saturated rings. The van der Waals surface area contributed by atoms with Gasteiger partial charge in [0.2, 0.25) is 0 Å². The van der Waals surface area contributed by atoms with Crippen LogP contribution in [-0.4, -0.2) is 35.1 Å². The maximum absolute atomic E-state index is 11.8. The first-order valence-corrected chi connectivity index (χ1v) is 7.60.